The maximum Gasteiger partial charge on any atom is 0.313 e. The summed E-state index contributed by atoms with van der Waals surface area (Å²) in [6.45, 7) is 2.19. The molecule has 3 rings (SSSR count). The van der Waals surface area contributed by atoms with E-state index < -0.39 is 5.97 Å². The zero-order valence-corrected chi connectivity index (χ0v) is 12.9. The summed E-state index contributed by atoms with van der Waals surface area (Å²) in [7, 11) is 1.63. The number of hydrogen-bond donors (Lipinski definition) is 1. The molecule has 1 saturated carbocycles. The van der Waals surface area contributed by atoms with E-state index in [1.54, 1.807) is 7.11 Å². The molecule has 1 fully saturated rings. The van der Waals surface area contributed by atoms with Crippen molar-refractivity contribution in [1.82, 2.24) is 9.55 Å². The molecule has 2 unspecified atom stereocenters. The third-order valence-electron chi connectivity index (χ3n) is 3.94. The minimum absolute atomic E-state index is 0.0230. The first-order valence-electron chi connectivity index (χ1n) is 7.05. The third-order valence-corrected chi connectivity index (χ3v) is 4.87. The van der Waals surface area contributed by atoms with Crippen LogP contribution in [0.15, 0.2) is 23.4 Å². The summed E-state index contributed by atoms with van der Waals surface area (Å²) in [6, 6.07) is 6.30. The molecule has 21 heavy (non-hydrogen) atoms. The highest BCUT2D eigenvalue weighted by Crippen LogP contribution is 2.49. The summed E-state index contributed by atoms with van der Waals surface area (Å²) in [5.41, 5.74) is 1.85. The average molecular weight is 306 g/mol. The fraction of sp³-hybridized carbons (Fsp3) is 0.467. The first-order valence-corrected chi connectivity index (χ1v) is 8.03. The Morgan fingerprint density at radius 3 is 3.00 bits per heavy atom. The Morgan fingerprint density at radius 1 is 1.57 bits per heavy atom. The van der Waals surface area contributed by atoms with Crippen molar-refractivity contribution in [3.05, 3.63) is 18.2 Å². The Balaban J connectivity index is 2.06. The maximum atomic E-state index is 10.8. The fourth-order valence-corrected chi connectivity index (χ4v) is 3.55. The molecule has 0 amide bonds. The third kappa shape index (κ3) is 2.60. The van der Waals surface area contributed by atoms with E-state index in [1.165, 1.54) is 11.8 Å². The summed E-state index contributed by atoms with van der Waals surface area (Å²) in [4.78, 5) is 15.5. The van der Waals surface area contributed by atoms with Gasteiger partial charge in [0.25, 0.3) is 0 Å². The molecule has 1 aromatic heterocycles. The number of methoxy groups -OCH3 is 1. The second-order valence-corrected chi connectivity index (χ2v) is 6.19. The Bertz CT molecular complexity index is 683. The van der Waals surface area contributed by atoms with E-state index in [0.29, 0.717) is 12.0 Å². The minimum Gasteiger partial charge on any atom is -0.494 e. The number of para-hydroxylation sites is 1. The molecule has 0 aliphatic heterocycles. The number of imidazole rings is 1. The van der Waals surface area contributed by atoms with E-state index in [0.717, 1.165) is 34.8 Å². The molecule has 0 radical (unpaired) electrons. The zero-order valence-electron chi connectivity index (χ0n) is 12.1. The Hall–Kier alpha value is -1.69. The van der Waals surface area contributed by atoms with Crippen molar-refractivity contribution in [3.63, 3.8) is 0 Å². The van der Waals surface area contributed by atoms with Gasteiger partial charge >= 0.3 is 5.97 Å². The maximum absolute atomic E-state index is 10.8. The molecule has 1 heterocycles. The Labute approximate surface area is 127 Å². The first-order chi connectivity index (χ1) is 10.2. The van der Waals surface area contributed by atoms with Crippen molar-refractivity contribution in [3.8, 4) is 5.75 Å². The highest BCUT2D eigenvalue weighted by molar-refractivity contribution is 7.99. The predicted molar refractivity (Wildman–Crippen MR) is 82.1 cm³/mol. The van der Waals surface area contributed by atoms with Crippen LogP contribution >= 0.6 is 11.8 Å². The van der Waals surface area contributed by atoms with Crippen LogP contribution in [0.4, 0.5) is 0 Å². The highest BCUT2D eigenvalue weighted by atomic mass is 32.2. The second kappa shape index (κ2) is 5.60. The Morgan fingerprint density at radius 2 is 2.38 bits per heavy atom. The molecule has 1 aromatic carbocycles. The van der Waals surface area contributed by atoms with Crippen LogP contribution in [0, 0.1) is 5.92 Å². The number of hydrogen-bond acceptors (Lipinski definition) is 4. The molecular weight excluding hydrogens is 288 g/mol. The average Bonchev–Trinajstić information content (AvgIpc) is 3.16. The number of thioether (sulfide) groups is 1. The number of carboxylic acids is 1. The number of carboxylic acid groups (broad SMARTS) is 1. The molecule has 5 nitrogen and oxygen atoms in total. The largest absolute Gasteiger partial charge is 0.494 e. The van der Waals surface area contributed by atoms with E-state index in [9.17, 15) is 4.79 Å². The van der Waals surface area contributed by atoms with Gasteiger partial charge in [-0.3, -0.25) is 4.79 Å². The first kappa shape index (κ1) is 14.3. The number of nitrogens with zero attached hydrogens (tertiary/aromatic N) is 2. The van der Waals surface area contributed by atoms with E-state index in [-0.39, 0.29) is 5.75 Å². The van der Waals surface area contributed by atoms with Gasteiger partial charge in [-0.15, -0.1) is 0 Å². The van der Waals surface area contributed by atoms with Crippen LogP contribution in [0.5, 0.6) is 5.75 Å². The van der Waals surface area contributed by atoms with Gasteiger partial charge in [0.15, 0.2) is 5.16 Å². The number of carbonyl (C=O) groups is 1. The number of ether oxygens (including phenoxy) is 1. The lowest BCUT2D eigenvalue weighted by Crippen LogP contribution is -2.03. The zero-order chi connectivity index (χ0) is 15.0. The molecule has 0 saturated heterocycles. The molecule has 0 bridgehead atoms. The van der Waals surface area contributed by atoms with Gasteiger partial charge in [-0.2, -0.15) is 0 Å². The van der Waals surface area contributed by atoms with Crippen molar-refractivity contribution < 1.29 is 14.6 Å². The summed E-state index contributed by atoms with van der Waals surface area (Å²) < 4.78 is 7.57. The monoisotopic (exact) mass is 306 g/mol. The summed E-state index contributed by atoms with van der Waals surface area (Å²) in [5, 5.41) is 9.69. The van der Waals surface area contributed by atoms with Crippen LogP contribution in [-0.2, 0) is 4.79 Å². The minimum atomic E-state index is -0.826. The van der Waals surface area contributed by atoms with E-state index in [1.807, 2.05) is 18.2 Å². The van der Waals surface area contributed by atoms with Gasteiger partial charge in [0.05, 0.1) is 18.4 Å². The van der Waals surface area contributed by atoms with Crippen molar-refractivity contribution in [2.75, 3.05) is 12.9 Å². The normalized spacial score (nSPS) is 20.7. The van der Waals surface area contributed by atoms with Gasteiger partial charge in [-0.1, -0.05) is 31.2 Å². The molecule has 6 heteroatoms. The van der Waals surface area contributed by atoms with Gasteiger partial charge < -0.3 is 14.4 Å². The molecule has 2 aromatic rings. The Kier molecular flexibility index (Phi) is 3.80. The van der Waals surface area contributed by atoms with Crippen LogP contribution in [-0.4, -0.2) is 33.5 Å². The summed E-state index contributed by atoms with van der Waals surface area (Å²) in [6.07, 6.45) is 2.27. The van der Waals surface area contributed by atoms with Gasteiger partial charge in [0, 0.05) is 6.04 Å². The van der Waals surface area contributed by atoms with E-state index in [2.05, 4.69) is 16.5 Å². The van der Waals surface area contributed by atoms with Crippen LogP contribution in [0.25, 0.3) is 11.0 Å². The molecule has 1 N–H and O–H groups in total. The predicted octanol–water partition coefficient (Wildman–Crippen LogP) is 3.19. The SMILES string of the molecule is CCC1CC1n1c(SCC(=O)O)nc2c(OC)cccc21. The van der Waals surface area contributed by atoms with Crippen LogP contribution in [0.1, 0.15) is 25.8 Å². The molecule has 1 aliphatic rings. The number of aromatic nitrogens is 2. The number of fused-ring (bicyclic) bond motifs is 1. The molecular formula is C15H18N2O3S. The van der Waals surface area contributed by atoms with E-state index in [4.69, 9.17) is 9.84 Å². The lowest BCUT2D eigenvalue weighted by atomic mass is 10.3. The fourth-order valence-electron chi connectivity index (χ4n) is 2.77. The van der Waals surface area contributed by atoms with E-state index >= 15 is 0 Å². The van der Waals surface area contributed by atoms with Crippen molar-refractivity contribution in [2.45, 2.75) is 31.0 Å². The molecule has 112 valence electrons. The van der Waals surface area contributed by atoms with Gasteiger partial charge in [0.2, 0.25) is 0 Å². The topological polar surface area (TPSA) is 64.4 Å². The number of benzene rings is 1. The molecule has 0 spiro atoms. The number of rotatable bonds is 6. The van der Waals surface area contributed by atoms with Crippen LogP contribution in [0.2, 0.25) is 0 Å². The van der Waals surface area contributed by atoms with Crippen molar-refractivity contribution in [2.24, 2.45) is 5.92 Å². The van der Waals surface area contributed by atoms with Gasteiger partial charge in [-0.05, 0) is 24.5 Å². The smallest absolute Gasteiger partial charge is 0.313 e. The molecule has 2 atom stereocenters. The molecule has 1 aliphatic carbocycles. The lowest BCUT2D eigenvalue weighted by molar-refractivity contribution is -0.133. The second-order valence-electron chi connectivity index (χ2n) is 5.25. The number of aliphatic carboxylic acids is 1. The highest BCUT2D eigenvalue weighted by Gasteiger charge is 2.39. The van der Waals surface area contributed by atoms with Crippen LogP contribution in [0.3, 0.4) is 0 Å². The quantitative estimate of drug-likeness (QED) is 0.830. The van der Waals surface area contributed by atoms with Crippen LogP contribution < -0.4 is 4.74 Å². The van der Waals surface area contributed by atoms with Crippen molar-refractivity contribution >= 4 is 28.8 Å². The van der Waals surface area contributed by atoms with Gasteiger partial charge in [0.1, 0.15) is 11.3 Å². The van der Waals surface area contributed by atoms with Gasteiger partial charge in [-0.25, -0.2) is 4.98 Å². The summed E-state index contributed by atoms with van der Waals surface area (Å²) >= 11 is 1.28. The lowest BCUT2D eigenvalue weighted by Gasteiger charge is -2.07. The standard InChI is InChI=1S/C15H18N2O3S/c1-3-9-7-11(9)17-10-5-4-6-12(20-2)14(10)16-15(17)21-8-13(18)19/h4-6,9,11H,3,7-8H2,1-2H3,(H,18,19). The van der Waals surface area contributed by atoms with Crippen molar-refractivity contribution in [1.29, 1.82) is 0 Å². The summed E-state index contributed by atoms with van der Waals surface area (Å²) in [5.74, 6) is 0.595.